The van der Waals surface area contributed by atoms with E-state index in [0.29, 0.717) is 27.9 Å². The summed E-state index contributed by atoms with van der Waals surface area (Å²) in [6.45, 7) is 4.92. The molecule has 100 valence electrons. The van der Waals surface area contributed by atoms with E-state index >= 15 is 0 Å². The molecule has 0 aliphatic carbocycles. The van der Waals surface area contributed by atoms with Gasteiger partial charge in [0.15, 0.2) is 0 Å². The van der Waals surface area contributed by atoms with Crippen LogP contribution in [0, 0.1) is 5.92 Å². The first-order valence-corrected chi connectivity index (χ1v) is 7.86. The van der Waals surface area contributed by atoms with Gasteiger partial charge in [-0.25, -0.2) is 0 Å². The van der Waals surface area contributed by atoms with E-state index in [0.717, 1.165) is 10.9 Å². The minimum Gasteiger partial charge on any atom is -0.351 e. The quantitative estimate of drug-likeness (QED) is 0.721. The number of alkyl halides is 1. The monoisotopic (exact) mass is 395 g/mol. The van der Waals surface area contributed by atoms with E-state index in [1.807, 2.05) is 0 Å². The van der Waals surface area contributed by atoms with Crippen LogP contribution in [0.15, 0.2) is 22.7 Å². The minimum atomic E-state index is -0.113. The molecule has 1 N–H and O–H groups in total. The Balaban J connectivity index is 2.58. The zero-order valence-electron chi connectivity index (χ0n) is 10.3. The van der Waals surface area contributed by atoms with Gasteiger partial charge in [-0.1, -0.05) is 41.4 Å². The molecule has 0 spiro atoms. The van der Waals surface area contributed by atoms with Crippen molar-refractivity contribution in [2.75, 3.05) is 6.54 Å². The first kappa shape index (κ1) is 16.0. The predicted octanol–water partition coefficient (Wildman–Crippen LogP) is 4.64. The Kier molecular flexibility index (Phi) is 6.67. The lowest BCUT2D eigenvalue weighted by molar-refractivity contribution is 0.0952. The summed E-state index contributed by atoms with van der Waals surface area (Å²) in [4.78, 5) is 12.3. The molecular formula is C13H16Br2ClNO. The molecule has 1 unspecified atom stereocenters. The zero-order chi connectivity index (χ0) is 13.7. The van der Waals surface area contributed by atoms with E-state index in [4.69, 9.17) is 11.6 Å². The summed E-state index contributed by atoms with van der Waals surface area (Å²) < 4.78 is 0.749. The van der Waals surface area contributed by atoms with Gasteiger partial charge >= 0.3 is 0 Å². The molecule has 0 heterocycles. The molecule has 0 saturated carbocycles. The number of carbonyl (C=O) groups excluding carboxylic acids is 1. The summed E-state index contributed by atoms with van der Waals surface area (Å²) in [5.74, 6) is 0.488. The van der Waals surface area contributed by atoms with E-state index in [2.05, 4.69) is 51.0 Å². The Morgan fingerprint density at radius 3 is 2.72 bits per heavy atom. The molecule has 0 fully saturated rings. The van der Waals surface area contributed by atoms with Crippen molar-refractivity contribution in [1.29, 1.82) is 0 Å². The number of hydrogen-bond acceptors (Lipinski definition) is 1. The molecule has 0 radical (unpaired) electrons. The molecular weight excluding hydrogens is 381 g/mol. The Labute approximate surface area is 130 Å². The number of amides is 1. The van der Waals surface area contributed by atoms with Crippen molar-refractivity contribution in [2.24, 2.45) is 5.92 Å². The van der Waals surface area contributed by atoms with Crippen molar-refractivity contribution in [3.8, 4) is 0 Å². The molecule has 0 aliphatic rings. The number of benzene rings is 1. The van der Waals surface area contributed by atoms with Crippen LogP contribution in [-0.2, 0) is 0 Å². The molecule has 2 nitrogen and oxygen atoms in total. The summed E-state index contributed by atoms with van der Waals surface area (Å²) in [6.07, 6.45) is 1.02. The van der Waals surface area contributed by atoms with Crippen LogP contribution in [0.4, 0.5) is 0 Å². The van der Waals surface area contributed by atoms with Gasteiger partial charge in [-0.2, -0.15) is 0 Å². The van der Waals surface area contributed by atoms with E-state index in [1.54, 1.807) is 18.2 Å². The lowest BCUT2D eigenvalue weighted by Gasteiger charge is -2.13. The predicted molar refractivity (Wildman–Crippen MR) is 83.7 cm³/mol. The average Bonchev–Trinajstić information content (AvgIpc) is 2.28. The minimum absolute atomic E-state index is 0.113. The molecule has 0 bridgehead atoms. The smallest absolute Gasteiger partial charge is 0.252 e. The Morgan fingerprint density at radius 2 is 2.11 bits per heavy atom. The van der Waals surface area contributed by atoms with Gasteiger partial charge in [-0.05, 0) is 46.5 Å². The molecule has 5 heteroatoms. The zero-order valence-corrected chi connectivity index (χ0v) is 14.3. The molecule has 0 saturated heterocycles. The molecule has 0 aromatic heterocycles. The fourth-order valence-corrected chi connectivity index (χ4v) is 3.07. The van der Waals surface area contributed by atoms with Crippen LogP contribution in [-0.4, -0.2) is 17.3 Å². The number of halogens is 3. The first-order valence-electron chi connectivity index (χ1n) is 5.77. The fraction of sp³-hybridized carbons (Fsp3) is 0.462. The highest BCUT2D eigenvalue weighted by Gasteiger charge is 2.13. The molecule has 1 rings (SSSR count). The highest BCUT2D eigenvalue weighted by Crippen LogP contribution is 2.21. The van der Waals surface area contributed by atoms with Crippen molar-refractivity contribution in [1.82, 2.24) is 5.32 Å². The van der Waals surface area contributed by atoms with Crippen LogP contribution < -0.4 is 5.32 Å². The van der Waals surface area contributed by atoms with Crippen LogP contribution in [0.3, 0.4) is 0 Å². The van der Waals surface area contributed by atoms with Gasteiger partial charge in [-0.3, -0.25) is 4.79 Å². The summed E-state index contributed by atoms with van der Waals surface area (Å²) >= 11 is 12.8. The lowest BCUT2D eigenvalue weighted by atomic mass is 10.1. The highest BCUT2D eigenvalue weighted by atomic mass is 79.9. The van der Waals surface area contributed by atoms with Crippen molar-refractivity contribution in [3.63, 3.8) is 0 Å². The van der Waals surface area contributed by atoms with Crippen molar-refractivity contribution >= 4 is 49.4 Å². The summed E-state index contributed by atoms with van der Waals surface area (Å²) in [7, 11) is 0. The molecule has 1 atom stereocenters. The van der Waals surface area contributed by atoms with Crippen molar-refractivity contribution < 1.29 is 4.79 Å². The van der Waals surface area contributed by atoms with Crippen LogP contribution in [0.5, 0.6) is 0 Å². The van der Waals surface area contributed by atoms with Crippen molar-refractivity contribution in [3.05, 3.63) is 33.3 Å². The fourth-order valence-electron chi connectivity index (χ4n) is 1.57. The van der Waals surface area contributed by atoms with E-state index in [9.17, 15) is 4.79 Å². The van der Waals surface area contributed by atoms with Crippen LogP contribution >= 0.6 is 43.5 Å². The Morgan fingerprint density at radius 1 is 1.44 bits per heavy atom. The van der Waals surface area contributed by atoms with Crippen molar-refractivity contribution in [2.45, 2.75) is 25.1 Å². The van der Waals surface area contributed by atoms with Gasteiger partial charge in [0, 0.05) is 20.9 Å². The van der Waals surface area contributed by atoms with Gasteiger partial charge < -0.3 is 5.32 Å². The Hall–Kier alpha value is -0.0600. The number of hydrogen-bond donors (Lipinski definition) is 1. The second kappa shape index (κ2) is 7.51. The third kappa shape index (κ3) is 5.29. The molecule has 1 aromatic rings. The summed E-state index contributed by atoms with van der Waals surface area (Å²) in [5.41, 5.74) is 0.562. The van der Waals surface area contributed by atoms with Crippen LogP contribution in [0.25, 0.3) is 0 Å². The van der Waals surface area contributed by atoms with E-state index in [-0.39, 0.29) is 5.91 Å². The Bertz CT molecular complexity index is 423. The maximum atomic E-state index is 12.0. The largest absolute Gasteiger partial charge is 0.351 e. The average molecular weight is 398 g/mol. The molecule has 1 amide bonds. The standard InChI is InChI=1S/C13H16Br2ClNO/c1-8(2)5-9(14)7-17-13(18)11-6-10(16)3-4-12(11)15/h3-4,6,8-9H,5,7H2,1-2H3,(H,17,18). The normalized spacial score (nSPS) is 12.6. The van der Waals surface area contributed by atoms with Crippen LogP contribution in [0.1, 0.15) is 30.6 Å². The number of nitrogens with one attached hydrogen (secondary N) is 1. The topological polar surface area (TPSA) is 29.1 Å². The van der Waals surface area contributed by atoms with E-state index in [1.165, 1.54) is 0 Å². The first-order chi connectivity index (χ1) is 8.40. The highest BCUT2D eigenvalue weighted by molar-refractivity contribution is 9.10. The lowest BCUT2D eigenvalue weighted by Crippen LogP contribution is -2.30. The SMILES string of the molecule is CC(C)CC(Br)CNC(=O)c1cc(Cl)ccc1Br. The van der Waals surface area contributed by atoms with Gasteiger partial charge in [0.25, 0.3) is 5.91 Å². The maximum Gasteiger partial charge on any atom is 0.252 e. The number of rotatable bonds is 5. The van der Waals surface area contributed by atoms with E-state index < -0.39 is 0 Å². The summed E-state index contributed by atoms with van der Waals surface area (Å²) in [5, 5.41) is 3.45. The second-order valence-electron chi connectivity index (χ2n) is 4.56. The van der Waals surface area contributed by atoms with Gasteiger partial charge in [0.05, 0.1) is 5.56 Å². The number of carbonyl (C=O) groups is 1. The van der Waals surface area contributed by atoms with Gasteiger partial charge in [0.1, 0.15) is 0 Å². The van der Waals surface area contributed by atoms with Crippen LogP contribution in [0.2, 0.25) is 5.02 Å². The second-order valence-corrected chi connectivity index (χ2v) is 7.15. The summed E-state index contributed by atoms with van der Waals surface area (Å²) in [6, 6.07) is 5.18. The molecule has 1 aromatic carbocycles. The molecule has 0 aliphatic heterocycles. The third-order valence-corrected chi connectivity index (χ3v) is 4.01. The van der Waals surface area contributed by atoms with Gasteiger partial charge in [-0.15, -0.1) is 0 Å². The molecule has 18 heavy (non-hydrogen) atoms. The maximum absolute atomic E-state index is 12.0. The third-order valence-electron chi connectivity index (χ3n) is 2.38. The van der Waals surface area contributed by atoms with Gasteiger partial charge in [0.2, 0.25) is 0 Å².